The number of ether oxygens (including phenoxy) is 2. The summed E-state index contributed by atoms with van der Waals surface area (Å²) >= 11 is 0. The van der Waals surface area contributed by atoms with Crippen LogP contribution in [0.25, 0.3) is 22.4 Å². The second-order valence-corrected chi connectivity index (χ2v) is 6.93. The molecule has 118 valence electrons. The summed E-state index contributed by atoms with van der Waals surface area (Å²) in [6.07, 6.45) is 0. The molecule has 0 spiro atoms. The van der Waals surface area contributed by atoms with Gasteiger partial charge in [0.2, 0.25) is 0 Å². The van der Waals surface area contributed by atoms with E-state index in [1.807, 2.05) is 12.1 Å². The van der Waals surface area contributed by atoms with E-state index >= 15 is 0 Å². The van der Waals surface area contributed by atoms with Gasteiger partial charge in [-0.15, -0.1) is 0 Å². The molecule has 0 unspecified atom stereocenters. The molecule has 0 saturated carbocycles. The topological polar surface area (TPSA) is 47.1 Å². The highest BCUT2D eigenvalue weighted by molar-refractivity contribution is 5.83. The highest BCUT2D eigenvalue weighted by Gasteiger charge is 2.16. The Morgan fingerprint density at radius 2 is 1.61 bits per heavy atom. The summed E-state index contributed by atoms with van der Waals surface area (Å²) in [6, 6.07) is 12.5. The molecule has 3 aromatic rings. The maximum absolute atomic E-state index is 5.63. The van der Waals surface area contributed by atoms with Gasteiger partial charge in [-0.05, 0) is 11.0 Å². The molecule has 0 saturated heterocycles. The van der Waals surface area contributed by atoms with Crippen LogP contribution in [-0.4, -0.2) is 23.2 Å². The minimum absolute atomic E-state index is 0.153. The molecule has 1 aromatic heterocycles. The van der Waals surface area contributed by atoms with Crippen molar-refractivity contribution in [3.63, 3.8) is 0 Å². The van der Waals surface area contributed by atoms with E-state index in [2.05, 4.69) is 50.0 Å². The minimum atomic E-state index is 0.153. The molecule has 1 aliphatic rings. The van der Waals surface area contributed by atoms with Crippen LogP contribution in [0.3, 0.4) is 0 Å². The number of nitrogens with one attached hydrogen (secondary N) is 1. The normalized spacial score (nSPS) is 14.2. The Morgan fingerprint density at radius 3 is 2.26 bits per heavy atom. The van der Waals surface area contributed by atoms with Gasteiger partial charge in [0.05, 0.1) is 11.0 Å². The Balaban J connectivity index is 1.74. The number of aromatic nitrogens is 2. The Labute approximate surface area is 135 Å². The standard InChI is InChI=1S/C19H20N2O2/c1-19(2,3)13-6-4-12(5-7-13)18-20-14-10-16-17(11-15(14)21-18)23-9-8-22-16/h4-7,10-11H,8-9H2,1-3H3,(H,20,21). The Morgan fingerprint density at radius 1 is 0.957 bits per heavy atom. The molecule has 0 fully saturated rings. The first-order valence-electron chi connectivity index (χ1n) is 7.91. The van der Waals surface area contributed by atoms with Crippen LogP contribution in [0.1, 0.15) is 26.3 Å². The largest absolute Gasteiger partial charge is 0.486 e. The molecule has 0 bridgehead atoms. The summed E-state index contributed by atoms with van der Waals surface area (Å²) in [4.78, 5) is 8.07. The van der Waals surface area contributed by atoms with Gasteiger partial charge in [0.25, 0.3) is 0 Å². The zero-order chi connectivity index (χ0) is 16.0. The van der Waals surface area contributed by atoms with Crippen molar-refractivity contribution in [1.82, 2.24) is 9.97 Å². The molecule has 1 aliphatic heterocycles. The number of fused-ring (bicyclic) bond motifs is 2. The van der Waals surface area contributed by atoms with Crippen molar-refractivity contribution in [3.05, 3.63) is 42.0 Å². The second-order valence-electron chi connectivity index (χ2n) is 6.93. The van der Waals surface area contributed by atoms with Crippen molar-refractivity contribution < 1.29 is 9.47 Å². The SMILES string of the molecule is CC(C)(C)c1ccc(-c2nc3cc4c(cc3[nH]2)OCCO4)cc1. The van der Waals surface area contributed by atoms with Gasteiger partial charge in [0, 0.05) is 17.7 Å². The molecule has 1 N–H and O–H groups in total. The molecule has 4 rings (SSSR count). The molecule has 0 amide bonds. The molecular weight excluding hydrogens is 288 g/mol. The van der Waals surface area contributed by atoms with Crippen LogP contribution in [0, 0.1) is 0 Å². The fraction of sp³-hybridized carbons (Fsp3) is 0.316. The maximum atomic E-state index is 5.63. The van der Waals surface area contributed by atoms with E-state index in [1.165, 1.54) is 5.56 Å². The van der Waals surface area contributed by atoms with Gasteiger partial charge in [-0.25, -0.2) is 4.98 Å². The molecule has 0 atom stereocenters. The molecular formula is C19H20N2O2. The molecule has 2 heterocycles. The van der Waals surface area contributed by atoms with Gasteiger partial charge in [-0.3, -0.25) is 0 Å². The minimum Gasteiger partial charge on any atom is -0.486 e. The number of hydrogen-bond acceptors (Lipinski definition) is 3. The lowest BCUT2D eigenvalue weighted by molar-refractivity contribution is 0.172. The number of hydrogen-bond donors (Lipinski definition) is 1. The first kappa shape index (κ1) is 14.1. The van der Waals surface area contributed by atoms with Gasteiger partial charge in [0.15, 0.2) is 11.5 Å². The maximum Gasteiger partial charge on any atom is 0.163 e. The molecule has 4 heteroatoms. The van der Waals surface area contributed by atoms with Crippen LogP contribution >= 0.6 is 0 Å². The van der Waals surface area contributed by atoms with E-state index in [9.17, 15) is 0 Å². The first-order chi connectivity index (χ1) is 11.0. The molecule has 0 radical (unpaired) electrons. The Bertz CT molecular complexity index is 814. The van der Waals surface area contributed by atoms with Crippen molar-refractivity contribution >= 4 is 11.0 Å². The van der Waals surface area contributed by atoms with Crippen LogP contribution in [0.15, 0.2) is 36.4 Å². The summed E-state index contributed by atoms with van der Waals surface area (Å²) in [6.45, 7) is 7.83. The van der Waals surface area contributed by atoms with E-state index in [1.54, 1.807) is 0 Å². The van der Waals surface area contributed by atoms with Gasteiger partial charge in [-0.2, -0.15) is 0 Å². The van der Waals surface area contributed by atoms with E-state index in [0.29, 0.717) is 13.2 Å². The molecule has 0 aliphatic carbocycles. The third-order valence-corrected chi connectivity index (χ3v) is 4.17. The van der Waals surface area contributed by atoms with Crippen molar-refractivity contribution in [2.45, 2.75) is 26.2 Å². The predicted octanol–water partition coefficient (Wildman–Crippen LogP) is 4.30. The van der Waals surface area contributed by atoms with E-state index in [-0.39, 0.29) is 5.41 Å². The van der Waals surface area contributed by atoms with E-state index < -0.39 is 0 Å². The van der Waals surface area contributed by atoms with Crippen LogP contribution < -0.4 is 9.47 Å². The molecule has 2 aromatic carbocycles. The zero-order valence-electron chi connectivity index (χ0n) is 13.6. The monoisotopic (exact) mass is 308 g/mol. The van der Waals surface area contributed by atoms with E-state index in [0.717, 1.165) is 33.9 Å². The summed E-state index contributed by atoms with van der Waals surface area (Å²) in [5.74, 6) is 2.41. The lowest BCUT2D eigenvalue weighted by Gasteiger charge is -2.18. The number of rotatable bonds is 1. The van der Waals surface area contributed by atoms with Crippen LogP contribution in [0.2, 0.25) is 0 Å². The zero-order valence-corrected chi connectivity index (χ0v) is 13.6. The fourth-order valence-electron chi connectivity index (χ4n) is 2.81. The predicted molar refractivity (Wildman–Crippen MR) is 91.2 cm³/mol. The molecule has 23 heavy (non-hydrogen) atoms. The smallest absolute Gasteiger partial charge is 0.163 e. The van der Waals surface area contributed by atoms with Crippen LogP contribution in [-0.2, 0) is 5.41 Å². The fourth-order valence-corrected chi connectivity index (χ4v) is 2.81. The number of H-pyrrole nitrogens is 1. The second kappa shape index (κ2) is 5.01. The van der Waals surface area contributed by atoms with Crippen molar-refractivity contribution in [2.75, 3.05) is 13.2 Å². The number of nitrogens with zero attached hydrogens (tertiary/aromatic N) is 1. The number of benzene rings is 2. The van der Waals surface area contributed by atoms with Crippen LogP contribution in [0.4, 0.5) is 0 Å². The summed E-state index contributed by atoms with van der Waals surface area (Å²) < 4.78 is 11.2. The van der Waals surface area contributed by atoms with Gasteiger partial charge in [0.1, 0.15) is 19.0 Å². The van der Waals surface area contributed by atoms with Crippen LogP contribution in [0.5, 0.6) is 11.5 Å². The van der Waals surface area contributed by atoms with Gasteiger partial charge in [-0.1, -0.05) is 45.0 Å². The van der Waals surface area contributed by atoms with Crippen molar-refractivity contribution in [1.29, 1.82) is 0 Å². The lowest BCUT2D eigenvalue weighted by atomic mass is 9.87. The quantitative estimate of drug-likeness (QED) is 0.729. The summed E-state index contributed by atoms with van der Waals surface area (Å²) in [5, 5.41) is 0. The summed E-state index contributed by atoms with van der Waals surface area (Å²) in [5.41, 5.74) is 4.40. The summed E-state index contributed by atoms with van der Waals surface area (Å²) in [7, 11) is 0. The third-order valence-electron chi connectivity index (χ3n) is 4.17. The third kappa shape index (κ3) is 2.54. The Hall–Kier alpha value is -2.49. The first-order valence-corrected chi connectivity index (χ1v) is 7.91. The average Bonchev–Trinajstić information content (AvgIpc) is 2.94. The van der Waals surface area contributed by atoms with Gasteiger partial charge < -0.3 is 14.5 Å². The number of imidazole rings is 1. The highest BCUT2D eigenvalue weighted by Crippen LogP contribution is 2.35. The molecule has 4 nitrogen and oxygen atoms in total. The van der Waals surface area contributed by atoms with Crippen molar-refractivity contribution in [2.24, 2.45) is 0 Å². The average molecular weight is 308 g/mol. The van der Waals surface area contributed by atoms with E-state index in [4.69, 9.17) is 14.5 Å². The lowest BCUT2D eigenvalue weighted by Crippen LogP contribution is -2.15. The van der Waals surface area contributed by atoms with Crippen molar-refractivity contribution in [3.8, 4) is 22.9 Å². The highest BCUT2D eigenvalue weighted by atomic mass is 16.6. The number of aromatic amines is 1. The Kier molecular flexibility index (Phi) is 3.08. The van der Waals surface area contributed by atoms with Gasteiger partial charge >= 0.3 is 0 Å².